The Morgan fingerprint density at radius 3 is 2.82 bits per heavy atom. The van der Waals surface area contributed by atoms with E-state index in [0.29, 0.717) is 22.8 Å². The smallest absolute Gasteiger partial charge is 0.319 e. The summed E-state index contributed by atoms with van der Waals surface area (Å²) in [5, 5.41) is 16.8. The Bertz CT molecular complexity index is 448. The number of carbonyl (C=O) groups is 1. The fourth-order valence-corrected chi connectivity index (χ4v) is 1.39. The number of nitrogens with two attached hydrogens (primary N) is 1. The number of carbonyl (C=O) groups excluding carboxylic acids is 1. The first-order chi connectivity index (χ1) is 8.08. The first-order valence-corrected chi connectivity index (χ1v) is 5.28. The lowest BCUT2D eigenvalue weighted by Gasteiger charge is -2.08. The molecule has 6 nitrogen and oxygen atoms in total. The summed E-state index contributed by atoms with van der Waals surface area (Å²) in [7, 11) is 0. The molecule has 0 saturated heterocycles. The van der Waals surface area contributed by atoms with Crippen molar-refractivity contribution in [2.24, 2.45) is 10.9 Å². The molecule has 0 radical (unpaired) electrons. The summed E-state index contributed by atoms with van der Waals surface area (Å²) in [4.78, 5) is 11.3. The molecule has 0 aliphatic rings. The van der Waals surface area contributed by atoms with Gasteiger partial charge in [0.15, 0.2) is 5.84 Å². The lowest BCUT2D eigenvalue weighted by Crippen LogP contribution is -2.28. The van der Waals surface area contributed by atoms with E-state index in [1.165, 1.54) is 6.07 Å². The number of hydrogen-bond acceptors (Lipinski definition) is 3. The molecule has 0 aromatic heterocycles. The average molecular weight is 257 g/mol. The van der Waals surface area contributed by atoms with Crippen molar-refractivity contribution in [2.75, 3.05) is 11.9 Å². The Morgan fingerprint density at radius 2 is 2.29 bits per heavy atom. The van der Waals surface area contributed by atoms with Gasteiger partial charge in [-0.15, -0.1) is 0 Å². The van der Waals surface area contributed by atoms with Crippen molar-refractivity contribution in [1.29, 1.82) is 0 Å². The SMILES string of the molecule is CCNC(=O)Nc1ccc(/C(N)=N/O)cc1Cl. The van der Waals surface area contributed by atoms with E-state index in [4.69, 9.17) is 22.5 Å². The molecule has 5 N–H and O–H groups in total. The van der Waals surface area contributed by atoms with Crippen molar-refractivity contribution >= 4 is 29.2 Å². The highest BCUT2D eigenvalue weighted by atomic mass is 35.5. The summed E-state index contributed by atoms with van der Waals surface area (Å²) in [6.45, 7) is 2.33. The van der Waals surface area contributed by atoms with Gasteiger partial charge in [0.2, 0.25) is 0 Å². The van der Waals surface area contributed by atoms with Crippen LogP contribution in [0.5, 0.6) is 0 Å². The Labute approximate surface area is 103 Å². The maximum Gasteiger partial charge on any atom is 0.319 e. The average Bonchev–Trinajstić information content (AvgIpc) is 2.31. The van der Waals surface area contributed by atoms with Crippen LogP contribution in [0, 0.1) is 0 Å². The number of urea groups is 1. The van der Waals surface area contributed by atoms with Crippen LogP contribution in [0.1, 0.15) is 12.5 Å². The number of nitrogens with one attached hydrogen (secondary N) is 2. The standard InChI is InChI=1S/C10H13ClN4O2/c1-2-13-10(16)14-8-4-3-6(5-7(8)11)9(12)15-17/h3-5,17H,2H2,1H3,(H2,12,15)(H2,13,14,16). The highest BCUT2D eigenvalue weighted by Gasteiger charge is 2.07. The van der Waals surface area contributed by atoms with Gasteiger partial charge in [-0.05, 0) is 25.1 Å². The summed E-state index contributed by atoms with van der Waals surface area (Å²) in [6.07, 6.45) is 0. The van der Waals surface area contributed by atoms with E-state index in [0.717, 1.165) is 0 Å². The van der Waals surface area contributed by atoms with Crippen molar-refractivity contribution in [1.82, 2.24) is 5.32 Å². The molecule has 0 bridgehead atoms. The van der Waals surface area contributed by atoms with Crippen LogP contribution in [-0.4, -0.2) is 23.6 Å². The quantitative estimate of drug-likeness (QED) is 0.286. The van der Waals surface area contributed by atoms with Crippen LogP contribution in [0.4, 0.5) is 10.5 Å². The summed E-state index contributed by atoms with van der Waals surface area (Å²) in [5.74, 6) is -0.0449. The Kier molecular flexibility index (Phi) is 4.59. The van der Waals surface area contributed by atoms with Gasteiger partial charge in [-0.25, -0.2) is 4.79 Å². The number of anilines is 1. The molecule has 0 aliphatic carbocycles. The van der Waals surface area contributed by atoms with Crippen LogP contribution < -0.4 is 16.4 Å². The van der Waals surface area contributed by atoms with Gasteiger partial charge in [0.25, 0.3) is 0 Å². The molecule has 92 valence electrons. The maximum absolute atomic E-state index is 11.3. The Morgan fingerprint density at radius 1 is 1.59 bits per heavy atom. The van der Waals surface area contributed by atoms with Gasteiger partial charge in [-0.3, -0.25) is 0 Å². The van der Waals surface area contributed by atoms with Crippen LogP contribution in [0.3, 0.4) is 0 Å². The molecule has 2 amide bonds. The first-order valence-electron chi connectivity index (χ1n) is 4.90. The monoisotopic (exact) mass is 256 g/mol. The Hall–Kier alpha value is -1.95. The molecule has 0 fully saturated rings. The molecule has 0 atom stereocenters. The largest absolute Gasteiger partial charge is 0.409 e. The van der Waals surface area contributed by atoms with Crippen molar-refractivity contribution in [3.8, 4) is 0 Å². The van der Waals surface area contributed by atoms with E-state index in [1.54, 1.807) is 12.1 Å². The fourth-order valence-electron chi connectivity index (χ4n) is 1.16. The number of amides is 2. The van der Waals surface area contributed by atoms with Crippen LogP contribution >= 0.6 is 11.6 Å². The van der Waals surface area contributed by atoms with Crippen LogP contribution in [0.2, 0.25) is 5.02 Å². The summed E-state index contributed by atoms with van der Waals surface area (Å²) in [5.41, 5.74) is 6.33. The van der Waals surface area contributed by atoms with E-state index in [2.05, 4.69) is 15.8 Å². The molecular weight excluding hydrogens is 244 g/mol. The number of nitrogens with zero attached hydrogens (tertiary/aromatic N) is 1. The van der Waals surface area contributed by atoms with Gasteiger partial charge < -0.3 is 21.6 Å². The number of hydrogen-bond donors (Lipinski definition) is 4. The molecule has 0 spiro atoms. The van der Waals surface area contributed by atoms with Gasteiger partial charge in [0, 0.05) is 12.1 Å². The molecule has 0 heterocycles. The van der Waals surface area contributed by atoms with Gasteiger partial charge in [-0.2, -0.15) is 0 Å². The third-order valence-corrected chi connectivity index (χ3v) is 2.27. The predicted octanol–water partition coefficient (Wildman–Crippen LogP) is 1.58. The molecule has 7 heteroatoms. The highest BCUT2D eigenvalue weighted by molar-refractivity contribution is 6.34. The molecule has 0 saturated carbocycles. The Balaban J connectivity index is 2.87. The highest BCUT2D eigenvalue weighted by Crippen LogP contribution is 2.22. The molecule has 1 aromatic carbocycles. The number of halogens is 1. The lowest BCUT2D eigenvalue weighted by molar-refractivity contribution is 0.252. The predicted molar refractivity (Wildman–Crippen MR) is 66.7 cm³/mol. The minimum Gasteiger partial charge on any atom is -0.409 e. The number of amidine groups is 1. The van der Waals surface area contributed by atoms with Crippen molar-refractivity contribution in [3.05, 3.63) is 28.8 Å². The van der Waals surface area contributed by atoms with E-state index in [9.17, 15) is 4.79 Å². The molecule has 17 heavy (non-hydrogen) atoms. The van der Waals surface area contributed by atoms with Crippen molar-refractivity contribution in [2.45, 2.75) is 6.92 Å². The van der Waals surface area contributed by atoms with E-state index in [-0.39, 0.29) is 11.9 Å². The molecule has 0 unspecified atom stereocenters. The van der Waals surface area contributed by atoms with Crippen molar-refractivity contribution < 1.29 is 10.0 Å². The normalized spacial score (nSPS) is 11.1. The van der Waals surface area contributed by atoms with Crippen LogP contribution in [-0.2, 0) is 0 Å². The first kappa shape index (κ1) is 13.1. The minimum absolute atomic E-state index is 0.0449. The second kappa shape index (κ2) is 5.95. The second-order valence-corrected chi connectivity index (χ2v) is 3.57. The van der Waals surface area contributed by atoms with E-state index < -0.39 is 0 Å². The fraction of sp³-hybridized carbons (Fsp3) is 0.200. The number of rotatable bonds is 3. The zero-order chi connectivity index (χ0) is 12.8. The second-order valence-electron chi connectivity index (χ2n) is 3.16. The zero-order valence-electron chi connectivity index (χ0n) is 9.20. The van der Waals surface area contributed by atoms with Gasteiger partial charge >= 0.3 is 6.03 Å². The number of benzene rings is 1. The molecule has 1 rings (SSSR count). The maximum atomic E-state index is 11.3. The number of oxime groups is 1. The molecular formula is C10H13ClN4O2. The van der Waals surface area contributed by atoms with Gasteiger partial charge in [0.05, 0.1) is 10.7 Å². The third kappa shape index (κ3) is 3.53. The summed E-state index contributed by atoms with van der Waals surface area (Å²) >= 11 is 5.94. The zero-order valence-corrected chi connectivity index (χ0v) is 9.95. The van der Waals surface area contributed by atoms with Crippen molar-refractivity contribution in [3.63, 3.8) is 0 Å². The summed E-state index contributed by atoms with van der Waals surface area (Å²) in [6, 6.07) is 4.32. The van der Waals surface area contributed by atoms with Crippen LogP contribution in [0.15, 0.2) is 23.4 Å². The topological polar surface area (TPSA) is 99.7 Å². The van der Waals surface area contributed by atoms with Gasteiger partial charge in [0.1, 0.15) is 0 Å². The van der Waals surface area contributed by atoms with Crippen LogP contribution in [0.25, 0.3) is 0 Å². The summed E-state index contributed by atoms with van der Waals surface area (Å²) < 4.78 is 0. The molecule has 0 aliphatic heterocycles. The molecule has 1 aromatic rings. The van der Waals surface area contributed by atoms with Gasteiger partial charge in [-0.1, -0.05) is 16.8 Å². The minimum atomic E-state index is -0.342. The third-order valence-electron chi connectivity index (χ3n) is 1.96. The van der Waals surface area contributed by atoms with E-state index >= 15 is 0 Å². The van der Waals surface area contributed by atoms with E-state index in [1.807, 2.05) is 6.92 Å². The lowest BCUT2D eigenvalue weighted by atomic mass is 10.2.